The van der Waals surface area contributed by atoms with Crippen LogP contribution in [0.5, 0.6) is 23.0 Å². The number of aliphatic hydroxyl groups excluding tert-OH is 1. The largest absolute Gasteiger partial charge is 0.491 e. The molecule has 0 bridgehead atoms. The van der Waals surface area contributed by atoms with E-state index in [1.165, 1.54) is 0 Å². The second-order valence-electron chi connectivity index (χ2n) is 13.6. The number of hydrogen-bond acceptors (Lipinski definition) is 8. The summed E-state index contributed by atoms with van der Waals surface area (Å²) in [5.41, 5.74) is 4.60. The topological polar surface area (TPSA) is 94.7 Å². The fourth-order valence-electron chi connectivity index (χ4n) is 6.11. The van der Waals surface area contributed by atoms with Gasteiger partial charge < -0.3 is 38.3 Å². The summed E-state index contributed by atoms with van der Waals surface area (Å²) < 4.78 is 40.0. The van der Waals surface area contributed by atoms with Crippen LogP contribution in [-0.2, 0) is 14.2 Å². The van der Waals surface area contributed by atoms with Crippen LogP contribution in [0.25, 0.3) is 0 Å². The van der Waals surface area contributed by atoms with E-state index < -0.39 is 6.10 Å². The summed E-state index contributed by atoms with van der Waals surface area (Å²) in [4.78, 5) is 0. The lowest BCUT2D eigenvalue weighted by Gasteiger charge is -2.30. The normalized spacial score (nSPS) is 21.0. The summed E-state index contributed by atoms with van der Waals surface area (Å²) in [6, 6.07) is 33.5. The van der Waals surface area contributed by atoms with Gasteiger partial charge >= 0.3 is 0 Å². The number of benzene rings is 4. The molecule has 0 spiro atoms. The molecular weight excluding hydrogens is 620 g/mol. The van der Waals surface area contributed by atoms with Crippen LogP contribution in [-0.4, -0.2) is 75.8 Å². The fraction of sp³-hybridized carbons (Fsp3) is 0.415. The molecule has 8 heteroatoms. The van der Waals surface area contributed by atoms with E-state index in [1.807, 2.05) is 48.5 Å². The maximum Gasteiger partial charge on any atom is 0.119 e. The second-order valence-corrected chi connectivity index (χ2v) is 13.6. The molecule has 258 valence electrons. The number of hydrogen-bond donors (Lipinski definition) is 1. The van der Waals surface area contributed by atoms with Gasteiger partial charge in [0.15, 0.2) is 0 Å². The van der Waals surface area contributed by atoms with Crippen molar-refractivity contribution in [3.05, 3.63) is 119 Å². The SMILES string of the molecule is CC(C)CC(O)COc1ccc(C(c2ccc(OCC3CO3)cc2)C(c2ccc(OCC3CO3)cc2)c2ccc(OCC3CO3)cc2)cc1. The molecule has 3 aliphatic rings. The third-order valence-electron chi connectivity index (χ3n) is 8.99. The Bertz CT molecular complexity index is 1530. The minimum absolute atomic E-state index is 0.0482. The lowest BCUT2D eigenvalue weighted by Crippen LogP contribution is -2.19. The van der Waals surface area contributed by atoms with Gasteiger partial charge in [-0.3, -0.25) is 0 Å². The first-order valence-corrected chi connectivity index (χ1v) is 17.4. The summed E-state index contributed by atoms with van der Waals surface area (Å²) >= 11 is 0. The van der Waals surface area contributed by atoms with E-state index in [9.17, 15) is 5.11 Å². The predicted molar refractivity (Wildman–Crippen MR) is 186 cm³/mol. The van der Waals surface area contributed by atoms with Gasteiger partial charge in [0.25, 0.3) is 0 Å². The molecule has 0 aliphatic carbocycles. The second kappa shape index (κ2) is 15.6. The van der Waals surface area contributed by atoms with Crippen molar-refractivity contribution < 1.29 is 38.3 Å². The Hall–Kier alpha value is -4.08. The molecule has 3 fully saturated rings. The quantitative estimate of drug-likeness (QED) is 0.110. The molecule has 5 unspecified atom stereocenters. The molecule has 0 aromatic heterocycles. The van der Waals surface area contributed by atoms with Crippen molar-refractivity contribution in [2.75, 3.05) is 46.2 Å². The number of aliphatic hydroxyl groups is 1. The number of ether oxygens (including phenoxy) is 7. The fourth-order valence-corrected chi connectivity index (χ4v) is 6.11. The highest BCUT2D eigenvalue weighted by Crippen LogP contribution is 2.44. The minimum atomic E-state index is -0.503. The number of epoxide rings is 3. The standard InChI is InChI=1S/C41H46O8/c1-27(2)19-32(42)20-43-33-11-3-28(4-12-33)40(29-5-13-34(14-6-29)44-21-37-24-47-37)41(30-7-15-35(16-8-30)45-22-38-25-48-38)31-9-17-36(18-10-31)46-23-39-26-49-39/h3-18,27,32,37-42H,19-26H2,1-2H3. The molecule has 3 aliphatic heterocycles. The van der Waals surface area contributed by atoms with Gasteiger partial charge in [-0.25, -0.2) is 0 Å². The molecule has 0 radical (unpaired) electrons. The van der Waals surface area contributed by atoms with Gasteiger partial charge in [0.05, 0.1) is 25.9 Å². The Morgan fingerprint density at radius 2 is 0.796 bits per heavy atom. The van der Waals surface area contributed by atoms with E-state index in [2.05, 4.69) is 62.4 Å². The molecule has 3 heterocycles. The molecule has 1 N–H and O–H groups in total. The smallest absolute Gasteiger partial charge is 0.119 e. The first-order valence-electron chi connectivity index (χ1n) is 17.4. The molecule has 7 rings (SSSR count). The predicted octanol–water partition coefficient (Wildman–Crippen LogP) is 6.77. The van der Waals surface area contributed by atoms with Gasteiger partial charge in [0.2, 0.25) is 0 Å². The van der Waals surface area contributed by atoms with E-state index in [4.69, 9.17) is 33.2 Å². The molecule has 4 aromatic rings. The molecular formula is C41H46O8. The van der Waals surface area contributed by atoms with Gasteiger partial charge in [0, 0.05) is 11.8 Å². The zero-order valence-electron chi connectivity index (χ0n) is 28.2. The number of rotatable bonds is 19. The first-order chi connectivity index (χ1) is 24.0. The Kier molecular flexibility index (Phi) is 10.7. The Morgan fingerprint density at radius 1 is 0.510 bits per heavy atom. The lowest BCUT2D eigenvalue weighted by atomic mass is 9.73. The third kappa shape index (κ3) is 9.76. The molecule has 49 heavy (non-hydrogen) atoms. The van der Waals surface area contributed by atoms with Gasteiger partial charge in [-0.2, -0.15) is 0 Å². The van der Waals surface area contributed by atoms with E-state index in [0.717, 1.165) is 65.1 Å². The highest BCUT2D eigenvalue weighted by atomic mass is 16.6. The van der Waals surface area contributed by atoms with Crippen LogP contribution >= 0.6 is 0 Å². The molecule has 0 saturated carbocycles. The van der Waals surface area contributed by atoms with E-state index in [-0.39, 0.29) is 36.8 Å². The third-order valence-corrected chi connectivity index (χ3v) is 8.99. The summed E-state index contributed by atoms with van der Waals surface area (Å²) in [7, 11) is 0. The van der Waals surface area contributed by atoms with Crippen molar-refractivity contribution in [1.82, 2.24) is 0 Å². The summed E-state index contributed by atoms with van der Waals surface area (Å²) in [6.45, 7) is 8.41. The van der Waals surface area contributed by atoms with Crippen LogP contribution in [0.4, 0.5) is 0 Å². The van der Waals surface area contributed by atoms with Gasteiger partial charge in [0.1, 0.15) is 67.7 Å². The van der Waals surface area contributed by atoms with Crippen LogP contribution in [0.1, 0.15) is 54.4 Å². The van der Waals surface area contributed by atoms with Crippen molar-refractivity contribution in [2.45, 2.75) is 56.5 Å². The highest BCUT2D eigenvalue weighted by Gasteiger charge is 2.30. The van der Waals surface area contributed by atoms with E-state index in [1.54, 1.807) is 0 Å². The van der Waals surface area contributed by atoms with Crippen molar-refractivity contribution in [1.29, 1.82) is 0 Å². The maximum absolute atomic E-state index is 10.4. The molecule has 0 amide bonds. The van der Waals surface area contributed by atoms with Gasteiger partial charge in [-0.05, 0) is 83.1 Å². The monoisotopic (exact) mass is 666 g/mol. The molecule has 4 aromatic carbocycles. The zero-order chi connectivity index (χ0) is 33.6. The summed E-state index contributed by atoms with van der Waals surface area (Å²) in [5, 5.41) is 10.4. The zero-order valence-corrected chi connectivity index (χ0v) is 28.2. The molecule has 3 saturated heterocycles. The van der Waals surface area contributed by atoms with Crippen LogP contribution in [0.3, 0.4) is 0 Å². The van der Waals surface area contributed by atoms with Crippen LogP contribution in [0.15, 0.2) is 97.1 Å². The Balaban J connectivity index is 1.21. The van der Waals surface area contributed by atoms with Crippen molar-refractivity contribution >= 4 is 0 Å². The highest BCUT2D eigenvalue weighted by molar-refractivity contribution is 5.48. The Morgan fingerprint density at radius 3 is 1.06 bits per heavy atom. The van der Waals surface area contributed by atoms with Crippen molar-refractivity contribution in [3.8, 4) is 23.0 Å². The van der Waals surface area contributed by atoms with Crippen molar-refractivity contribution in [3.63, 3.8) is 0 Å². The minimum Gasteiger partial charge on any atom is -0.491 e. The van der Waals surface area contributed by atoms with Crippen LogP contribution < -0.4 is 18.9 Å². The summed E-state index contributed by atoms with van der Waals surface area (Å²) in [6.07, 6.45) is 0.774. The Labute approximate surface area is 288 Å². The van der Waals surface area contributed by atoms with E-state index in [0.29, 0.717) is 32.2 Å². The maximum atomic E-state index is 10.4. The van der Waals surface area contributed by atoms with Crippen LogP contribution in [0.2, 0.25) is 0 Å². The van der Waals surface area contributed by atoms with Crippen LogP contribution in [0, 0.1) is 5.92 Å². The molecule has 5 atom stereocenters. The molecule has 8 nitrogen and oxygen atoms in total. The average molecular weight is 667 g/mol. The average Bonchev–Trinajstić information content (AvgIpc) is 3.96. The van der Waals surface area contributed by atoms with Gasteiger partial charge in [-0.1, -0.05) is 62.4 Å². The summed E-state index contributed by atoms with van der Waals surface area (Å²) in [5.74, 6) is 3.49. The first kappa shape index (κ1) is 33.4. The van der Waals surface area contributed by atoms with Gasteiger partial charge in [-0.15, -0.1) is 0 Å². The van der Waals surface area contributed by atoms with Crippen molar-refractivity contribution in [2.24, 2.45) is 5.92 Å². The lowest BCUT2D eigenvalue weighted by molar-refractivity contribution is 0.0892. The van der Waals surface area contributed by atoms with E-state index >= 15 is 0 Å².